The van der Waals surface area contributed by atoms with Crippen molar-refractivity contribution in [1.29, 1.82) is 5.41 Å². The minimum Gasteiger partial charge on any atom is -0.508 e. The molecule has 19 N–H and O–H groups in total. The van der Waals surface area contributed by atoms with Crippen LogP contribution < -0.4 is 59.7 Å². The van der Waals surface area contributed by atoms with Crippen LogP contribution in [-0.2, 0) is 84.8 Å². The van der Waals surface area contributed by atoms with Gasteiger partial charge in [0.25, 0.3) is 0 Å². The molecule has 0 aliphatic carbocycles. The SMILES string of the molecule is CC(=O)N(C(=O)[C@@H](N)Cc1ccc(Cl)cc1)[C@@H](Cc1ccc(Cl)cc1)C(=O)N[C@H](Cc1c[nH]c2ccccc12)C(=O)N[C@@H](CO)C(=O)N[C@@H](Cc1ccc(O)cc1)C(=O)N[C@H](Cc1c[nH]c2ccccc12)C(=O)N[C@@H](CC(C)C)C(=O)N[C@@H](CCCNC(=N)N)C(=O)N1CCC[C@H]1C(=O)NCC(N)=O. The van der Waals surface area contributed by atoms with Crippen molar-refractivity contribution in [3.63, 3.8) is 0 Å². The number of phenolic OH excluding ortho intramolecular Hbond substituents is 1. The zero-order valence-corrected chi connectivity index (χ0v) is 59.2. The summed E-state index contributed by atoms with van der Waals surface area (Å²) in [6, 6.07) is 19.4. The monoisotopic (exact) mass is 1470 g/mol. The number of nitrogens with one attached hydrogen (secondary N) is 11. The summed E-state index contributed by atoms with van der Waals surface area (Å²) in [6.07, 6.45) is 2.94. The lowest BCUT2D eigenvalue weighted by Gasteiger charge is -2.32. The van der Waals surface area contributed by atoms with Gasteiger partial charge in [0, 0.05) is 89.9 Å². The van der Waals surface area contributed by atoms with Crippen LogP contribution in [0.5, 0.6) is 5.75 Å². The van der Waals surface area contributed by atoms with E-state index in [-0.39, 0.29) is 88.5 Å². The molecule has 1 saturated heterocycles. The van der Waals surface area contributed by atoms with Gasteiger partial charge < -0.3 is 84.8 Å². The van der Waals surface area contributed by atoms with E-state index in [1.165, 1.54) is 29.2 Å². The molecule has 31 heteroatoms. The standard InChI is InChI=1S/C73H88Cl2N16O13/c1-40(2)30-56(64(96)84-55(14-8-28-80-73(78)79)72(104)90-29-9-15-61(90)69(101)83-38-63(77)95)85-66(98)58(34-45-36-81-53-12-6-4-10-50(45)53)87-65(97)57(32-43-20-26-49(94)27-21-43)86-68(100)60(39-92)89-67(99)59(35-46-37-82-54-13-7-5-11-51(46)54)88-70(102)62(33-44-18-24-48(75)25-19-44)91(41(3)93)71(103)52(76)31-42-16-22-47(74)23-17-42/h4-7,10-13,16-27,36-37,40,52,55-62,81-82,92,94H,8-9,14-15,28-35,38-39,76H2,1-3H3,(H2,77,95)(H,83,101)(H,84,96)(H,85,98)(H,86,100)(H,87,97)(H,88,102)(H,89,99)(H4,78,79,80)/t52-,55-,56-,57-,58+,59+,60-,61-,62-/m0/s1. The van der Waals surface area contributed by atoms with Crippen molar-refractivity contribution in [2.45, 2.75) is 139 Å². The molecule has 1 aliphatic rings. The number of primary amides is 1. The summed E-state index contributed by atoms with van der Waals surface area (Å²) >= 11 is 12.4. The highest BCUT2D eigenvalue weighted by atomic mass is 35.5. The molecule has 0 spiro atoms. The minimum absolute atomic E-state index is 0.00117. The molecule has 0 unspecified atom stereocenters. The summed E-state index contributed by atoms with van der Waals surface area (Å²) in [6.45, 7) is 3.38. The summed E-state index contributed by atoms with van der Waals surface area (Å²) in [4.78, 5) is 166. The van der Waals surface area contributed by atoms with Crippen LogP contribution in [-0.4, -0.2) is 182 Å². The van der Waals surface area contributed by atoms with Gasteiger partial charge in [-0.15, -0.1) is 0 Å². The fourth-order valence-electron chi connectivity index (χ4n) is 12.5. The summed E-state index contributed by atoms with van der Waals surface area (Å²) in [5.41, 5.74) is 21.2. The second-order valence-electron chi connectivity index (χ2n) is 26.0. The number of imide groups is 1. The largest absolute Gasteiger partial charge is 0.508 e. The van der Waals surface area contributed by atoms with Crippen molar-refractivity contribution in [3.8, 4) is 5.75 Å². The van der Waals surface area contributed by atoms with Gasteiger partial charge >= 0.3 is 0 Å². The number of carbonyl (C=O) groups excluding carboxylic acids is 11. The molecule has 3 heterocycles. The molecule has 1 aliphatic heterocycles. The van der Waals surface area contributed by atoms with E-state index < -0.39 is 133 Å². The Morgan fingerprint density at radius 2 is 1.06 bits per heavy atom. The first-order valence-electron chi connectivity index (χ1n) is 34.0. The number of carbonyl (C=O) groups is 11. The van der Waals surface area contributed by atoms with Crippen molar-refractivity contribution >= 4 is 116 Å². The molecule has 104 heavy (non-hydrogen) atoms. The van der Waals surface area contributed by atoms with E-state index in [0.717, 1.165) is 11.8 Å². The maximum atomic E-state index is 15.2. The van der Waals surface area contributed by atoms with Crippen molar-refractivity contribution in [2.24, 2.45) is 23.1 Å². The molecule has 552 valence electrons. The first-order chi connectivity index (χ1) is 49.7. The Morgan fingerprint density at radius 3 is 1.58 bits per heavy atom. The molecule has 11 amide bonds. The van der Waals surface area contributed by atoms with Crippen LogP contribution in [0.2, 0.25) is 10.0 Å². The Bertz CT molecular complexity index is 4230. The van der Waals surface area contributed by atoms with Crippen LogP contribution in [0.4, 0.5) is 0 Å². The van der Waals surface area contributed by atoms with Gasteiger partial charge in [-0.2, -0.15) is 0 Å². The van der Waals surface area contributed by atoms with Crippen molar-refractivity contribution in [3.05, 3.63) is 172 Å². The Morgan fingerprint density at radius 1 is 0.596 bits per heavy atom. The molecular weight excluding hydrogens is 1380 g/mol. The summed E-state index contributed by atoms with van der Waals surface area (Å²) in [7, 11) is 0. The molecule has 0 bridgehead atoms. The number of H-pyrrole nitrogens is 2. The van der Waals surface area contributed by atoms with E-state index in [4.69, 9.17) is 45.8 Å². The lowest BCUT2D eigenvalue weighted by atomic mass is 9.99. The maximum Gasteiger partial charge on any atom is 0.247 e. The number of halogens is 2. The number of phenols is 1. The van der Waals surface area contributed by atoms with Crippen molar-refractivity contribution < 1.29 is 63.0 Å². The van der Waals surface area contributed by atoms with Crippen LogP contribution in [0, 0.1) is 11.3 Å². The molecular formula is C73H88Cl2N16O13. The van der Waals surface area contributed by atoms with Gasteiger partial charge in [-0.25, -0.2) is 0 Å². The number of aromatic amines is 2. The number of benzene rings is 5. The van der Waals surface area contributed by atoms with Crippen LogP contribution in [0.25, 0.3) is 21.8 Å². The van der Waals surface area contributed by atoms with Gasteiger partial charge in [-0.3, -0.25) is 63.0 Å². The van der Waals surface area contributed by atoms with Gasteiger partial charge in [0.1, 0.15) is 54.1 Å². The third-order valence-electron chi connectivity index (χ3n) is 17.7. The molecule has 0 radical (unpaired) electrons. The highest BCUT2D eigenvalue weighted by Gasteiger charge is 2.41. The summed E-state index contributed by atoms with van der Waals surface area (Å²) < 4.78 is 0. The van der Waals surface area contributed by atoms with Gasteiger partial charge in [0.2, 0.25) is 65.0 Å². The predicted molar refractivity (Wildman–Crippen MR) is 390 cm³/mol. The molecule has 29 nitrogen and oxygen atoms in total. The lowest BCUT2D eigenvalue weighted by molar-refractivity contribution is -0.152. The normalized spacial score (nSPS) is 15.0. The van der Waals surface area contributed by atoms with E-state index in [0.29, 0.717) is 66.1 Å². The van der Waals surface area contributed by atoms with Gasteiger partial charge in [-0.1, -0.05) is 110 Å². The number of aromatic hydroxyl groups is 1. The molecule has 7 aromatic rings. The highest BCUT2D eigenvalue weighted by Crippen LogP contribution is 2.25. The number of nitrogens with two attached hydrogens (primary N) is 3. The average molecular weight is 1470 g/mol. The quantitative estimate of drug-likeness (QED) is 0.0154. The number of aromatic nitrogens is 2. The maximum absolute atomic E-state index is 15.2. The molecule has 2 aromatic heterocycles. The zero-order chi connectivity index (χ0) is 75.3. The third kappa shape index (κ3) is 22.1. The zero-order valence-electron chi connectivity index (χ0n) is 57.6. The minimum atomic E-state index is -1.87. The topological polar surface area (TPSA) is 464 Å². The predicted octanol–water partition coefficient (Wildman–Crippen LogP) is 2.05. The van der Waals surface area contributed by atoms with Gasteiger partial charge in [0.05, 0.1) is 19.2 Å². The van der Waals surface area contributed by atoms with Crippen molar-refractivity contribution in [2.75, 3.05) is 26.2 Å². The lowest BCUT2D eigenvalue weighted by Crippen LogP contribution is -2.62. The number of guanidine groups is 1. The third-order valence-corrected chi connectivity index (χ3v) is 18.2. The number of hydrogen-bond donors (Lipinski definition) is 16. The second-order valence-corrected chi connectivity index (χ2v) is 26.9. The number of para-hydroxylation sites is 2. The number of amides is 11. The molecule has 5 aromatic carbocycles. The number of aliphatic hydroxyl groups is 1. The van der Waals surface area contributed by atoms with E-state index >= 15 is 19.2 Å². The first-order valence-corrected chi connectivity index (χ1v) is 34.8. The number of rotatable bonds is 35. The van der Waals surface area contributed by atoms with E-state index in [1.807, 2.05) is 0 Å². The smallest absolute Gasteiger partial charge is 0.247 e. The Labute approximate surface area is 609 Å². The second kappa shape index (κ2) is 37.3. The van der Waals surface area contributed by atoms with Crippen LogP contribution >= 0.6 is 23.2 Å². The molecule has 0 saturated carbocycles. The Kier molecular flexibility index (Phi) is 28.3. The number of nitrogens with zero attached hydrogens (tertiary/aromatic N) is 2. The Hall–Kier alpha value is -10.9. The van der Waals surface area contributed by atoms with E-state index in [1.54, 1.807) is 123 Å². The molecule has 8 rings (SSSR count). The van der Waals surface area contributed by atoms with Gasteiger partial charge in [-0.05, 0) is 121 Å². The van der Waals surface area contributed by atoms with E-state index in [9.17, 15) is 43.8 Å². The van der Waals surface area contributed by atoms with Crippen molar-refractivity contribution in [1.82, 2.24) is 62.3 Å². The molecule has 1 fully saturated rings. The van der Waals surface area contributed by atoms with Crippen LogP contribution in [0.1, 0.15) is 80.7 Å². The van der Waals surface area contributed by atoms with Gasteiger partial charge in [0.15, 0.2) is 5.96 Å². The molecule has 9 atom stereocenters. The number of fused-ring (bicyclic) bond motifs is 2. The first kappa shape index (κ1) is 78.8. The van der Waals surface area contributed by atoms with Crippen LogP contribution in [0.15, 0.2) is 134 Å². The number of hydrogen-bond acceptors (Lipinski definition) is 15. The highest BCUT2D eigenvalue weighted by molar-refractivity contribution is 6.30. The number of aliphatic hydroxyl groups excluding tert-OH is 1. The summed E-state index contributed by atoms with van der Waals surface area (Å²) in [5.74, 6) is -10.4. The van der Waals surface area contributed by atoms with Crippen LogP contribution in [0.3, 0.4) is 0 Å². The summed E-state index contributed by atoms with van der Waals surface area (Å²) in [5, 5.41) is 52.5. The average Bonchev–Trinajstić information content (AvgIpc) is 1.53. The number of likely N-dealkylation sites (tertiary alicyclic amines) is 1. The van der Waals surface area contributed by atoms with E-state index in [2.05, 4.69) is 52.5 Å². The fourth-order valence-corrected chi connectivity index (χ4v) is 12.7. The fraction of sp³-hybridized carbons (Fsp3) is 0.370. The Balaban J connectivity index is 1.08.